The Kier molecular flexibility index (Phi) is 4.70. The molecule has 4 rings (SSSR count). The van der Waals surface area contributed by atoms with Crippen LogP contribution in [0.25, 0.3) is 10.2 Å². The van der Waals surface area contributed by atoms with Crippen LogP contribution in [0.1, 0.15) is 22.5 Å². The number of carbonyl (C=O) groups is 1. The molecule has 0 spiro atoms. The van der Waals surface area contributed by atoms with E-state index < -0.39 is 0 Å². The lowest BCUT2D eigenvalue weighted by Gasteiger charge is -2.22. The van der Waals surface area contributed by atoms with E-state index in [9.17, 15) is 4.79 Å². The normalized spacial score (nSPS) is 17.1. The number of aromatic nitrogens is 1. The molecular weight excluding hydrogens is 356 g/mol. The molecule has 1 aromatic carbocycles. The van der Waals surface area contributed by atoms with Gasteiger partial charge in [-0.25, -0.2) is 4.98 Å². The Morgan fingerprint density at radius 2 is 2.32 bits per heavy atom. The van der Waals surface area contributed by atoms with Gasteiger partial charge in [0, 0.05) is 6.61 Å². The minimum atomic E-state index is -0.0245. The summed E-state index contributed by atoms with van der Waals surface area (Å²) in [5.74, 6) is 0.698. The predicted octanol–water partition coefficient (Wildman–Crippen LogP) is 4.19. The minimum absolute atomic E-state index is 0.0245. The highest BCUT2D eigenvalue weighted by atomic mass is 32.1. The number of ether oxygens (including phenoxy) is 2. The first-order chi connectivity index (χ1) is 12.3. The molecule has 7 heteroatoms. The monoisotopic (exact) mass is 374 g/mol. The van der Waals surface area contributed by atoms with Gasteiger partial charge in [0.2, 0.25) is 0 Å². The first kappa shape index (κ1) is 16.5. The van der Waals surface area contributed by atoms with Crippen molar-refractivity contribution in [1.29, 1.82) is 0 Å². The molecule has 0 aliphatic carbocycles. The van der Waals surface area contributed by atoms with E-state index in [1.165, 1.54) is 22.7 Å². The zero-order valence-corrected chi connectivity index (χ0v) is 15.4. The van der Waals surface area contributed by atoms with Crippen molar-refractivity contribution in [2.45, 2.75) is 18.9 Å². The standard InChI is InChI=1S/C18H18N2O3S2/c1-22-13-6-2-7-14-16(13)19-18(25-14)20(11-12-5-3-9-23-12)17(21)15-8-4-10-24-15/h2,4,6-8,10,12H,3,5,9,11H2,1H3. The largest absolute Gasteiger partial charge is 0.494 e. The van der Waals surface area contributed by atoms with Crippen LogP contribution >= 0.6 is 22.7 Å². The number of benzene rings is 1. The van der Waals surface area contributed by atoms with Crippen LogP contribution in [-0.2, 0) is 4.74 Å². The van der Waals surface area contributed by atoms with E-state index in [1.807, 2.05) is 35.7 Å². The minimum Gasteiger partial charge on any atom is -0.494 e. The Morgan fingerprint density at radius 1 is 1.40 bits per heavy atom. The fraction of sp³-hybridized carbons (Fsp3) is 0.333. The van der Waals surface area contributed by atoms with Crippen LogP contribution in [0.3, 0.4) is 0 Å². The van der Waals surface area contributed by atoms with Crippen molar-refractivity contribution in [3.05, 3.63) is 40.6 Å². The highest BCUT2D eigenvalue weighted by Crippen LogP contribution is 2.35. The number of carbonyl (C=O) groups excluding carboxylic acids is 1. The number of hydrogen-bond acceptors (Lipinski definition) is 6. The summed E-state index contributed by atoms with van der Waals surface area (Å²) in [6.07, 6.45) is 2.08. The molecule has 3 aromatic rings. The topological polar surface area (TPSA) is 51.7 Å². The Labute approximate surface area is 153 Å². The summed E-state index contributed by atoms with van der Waals surface area (Å²) in [4.78, 5) is 20.2. The van der Waals surface area contributed by atoms with E-state index >= 15 is 0 Å². The number of amides is 1. The average Bonchev–Trinajstić information content (AvgIpc) is 3.39. The summed E-state index contributed by atoms with van der Waals surface area (Å²) in [6.45, 7) is 1.29. The Bertz CT molecular complexity index is 870. The van der Waals surface area contributed by atoms with Gasteiger partial charge in [-0.1, -0.05) is 23.5 Å². The zero-order chi connectivity index (χ0) is 17.2. The van der Waals surface area contributed by atoms with E-state index in [4.69, 9.17) is 14.5 Å². The van der Waals surface area contributed by atoms with Gasteiger partial charge in [0.15, 0.2) is 5.13 Å². The molecule has 1 unspecified atom stereocenters. The number of methoxy groups -OCH3 is 1. The maximum atomic E-state index is 13.0. The van der Waals surface area contributed by atoms with Crippen molar-refractivity contribution in [1.82, 2.24) is 4.98 Å². The first-order valence-corrected chi connectivity index (χ1v) is 9.86. The summed E-state index contributed by atoms with van der Waals surface area (Å²) in [7, 11) is 1.63. The lowest BCUT2D eigenvalue weighted by molar-refractivity contribution is 0.0920. The van der Waals surface area contributed by atoms with Crippen LogP contribution in [0.15, 0.2) is 35.7 Å². The second-order valence-electron chi connectivity index (χ2n) is 5.83. The fourth-order valence-electron chi connectivity index (χ4n) is 2.96. The van der Waals surface area contributed by atoms with Crippen LogP contribution < -0.4 is 9.64 Å². The van der Waals surface area contributed by atoms with Crippen molar-refractivity contribution in [2.75, 3.05) is 25.2 Å². The summed E-state index contributed by atoms with van der Waals surface area (Å²) >= 11 is 2.95. The first-order valence-electron chi connectivity index (χ1n) is 8.17. The Balaban J connectivity index is 1.72. The molecule has 0 radical (unpaired) electrons. The van der Waals surface area contributed by atoms with Gasteiger partial charge in [-0.2, -0.15) is 0 Å². The SMILES string of the molecule is COc1cccc2sc(N(CC3CCCO3)C(=O)c3cccs3)nc12. The van der Waals surface area contributed by atoms with Crippen molar-refractivity contribution < 1.29 is 14.3 Å². The van der Waals surface area contributed by atoms with Crippen LogP contribution in [0, 0.1) is 0 Å². The second kappa shape index (κ2) is 7.11. The molecule has 130 valence electrons. The second-order valence-corrected chi connectivity index (χ2v) is 7.79. The third kappa shape index (κ3) is 3.27. The summed E-state index contributed by atoms with van der Waals surface area (Å²) < 4.78 is 12.2. The van der Waals surface area contributed by atoms with Crippen LogP contribution in [0.5, 0.6) is 5.75 Å². The van der Waals surface area contributed by atoms with Crippen LogP contribution in [0.4, 0.5) is 5.13 Å². The van der Waals surface area contributed by atoms with Crippen molar-refractivity contribution in [3.63, 3.8) is 0 Å². The molecule has 1 aliphatic heterocycles. The molecule has 2 aromatic heterocycles. The van der Waals surface area contributed by atoms with E-state index in [1.54, 1.807) is 12.0 Å². The third-order valence-electron chi connectivity index (χ3n) is 4.21. The number of rotatable bonds is 5. The average molecular weight is 374 g/mol. The molecule has 0 bridgehead atoms. The molecule has 1 fully saturated rings. The molecule has 1 aliphatic rings. The summed E-state index contributed by atoms with van der Waals surface area (Å²) in [5.41, 5.74) is 0.793. The van der Waals surface area contributed by atoms with Gasteiger partial charge in [0.25, 0.3) is 5.91 Å². The van der Waals surface area contributed by atoms with Gasteiger partial charge in [0.05, 0.1) is 29.3 Å². The summed E-state index contributed by atoms with van der Waals surface area (Å²) in [6, 6.07) is 9.57. The number of hydrogen-bond donors (Lipinski definition) is 0. The quantitative estimate of drug-likeness (QED) is 0.672. The molecular formula is C18H18N2O3S2. The fourth-order valence-corrected chi connectivity index (χ4v) is 4.63. The van der Waals surface area contributed by atoms with E-state index in [2.05, 4.69) is 0 Å². The number of fused-ring (bicyclic) bond motifs is 1. The van der Waals surface area contributed by atoms with Crippen molar-refractivity contribution >= 4 is 43.9 Å². The highest BCUT2D eigenvalue weighted by molar-refractivity contribution is 7.22. The number of nitrogens with zero attached hydrogens (tertiary/aromatic N) is 2. The third-order valence-corrected chi connectivity index (χ3v) is 6.11. The van der Waals surface area contributed by atoms with E-state index in [0.717, 1.165) is 35.4 Å². The lowest BCUT2D eigenvalue weighted by atomic mass is 10.2. The molecule has 5 nitrogen and oxygen atoms in total. The van der Waals surface area contributed by atoms with Gasteiger partial charge in [0.1, 0.15) is 11.3 Å². The van der Waals surface area contributed by atoms with E-state index in [-0.39, 0.29) is 12.0 Å². The maximum Gasteiger partial charge on any atom is 0.270 e. The van der Waals surface area contributed by atoms with Crippen molar-refractivity contribution in [3.8, 4) is 5.75 Å². The lowest BCUT2D eigenvalue weighted by Crippen LogP contribution is -2.37. The zero-order valence-electron chi connectivity index (χ0n) is 13.8. The molecule has 1 saturated heterocycles. The molecule has 0 saturated carbocycles. The molecule has 1 atom stereocenters. The number of thiazole rings is 1. The Morgan fingerprint density at radius 3 is 3.04 bits per heavy atom. The Hall–Kier alpha value is -1.96. The molecule has 1 amide bonds. The predicted molar refractivity (Wildman–Crippen MR) is 101 cm³/mol. The summed E-state index contributed by atoms with van der Waals surface area (Å²) in [5, 5.41) is 2.60. The van der Waals surface area contributed by atoms with Crippen LogP contribution in [0.2, 0.25) is 0 Å². The van der Waals surface area contributed by atoms with Gasteiger partial charge in [-0.15, -0.1) is 11.3 Å². The molecule has 0 N–H and O–H groups in total. The van der Waals surface area contributed by atoms with Gasteiger partial charge in [-0.05, 0) is 36.4 Å². The molecule has 25 heavy (non-hydrogen) atoms. The molecule has 3 heterocycles. The van der Waals surface area contributed by atoms with Gasteiger partial charge in [-0.3, -0.25) is 9.69 Å². The van der Waals surface area contributed by atoms with Gasteiger partial charge < -0.3 is 9.47 Å². The van der Waals surface area contributed by atoms with Gasteiger partial charge >= 0.3 is 0 Å². The number of para-hydroxylation sites is 1. The van der Waals surface area contributed by atoms with E-state index in [0.29, 0.717) is 16.6 Å². The number of thiophene rings is 1. The van der Waals surface area contributed by atoms with Crippen LogP contribution in [-0.4, -0.2) is 37.3 Å². The highest BCUT2D eigenvalue weighted by Gasteiger charge is 2.27. The smallest absolute Gasteiger partial charge is 0.270 e. The maximum absolute atomic E-state index is 13.0. The number of anilines is 1. The van der Waals surface area contributed by atoms with Crippen molar-refractivity contribution in [2.24, 2.45) is 0 Å².